The Morgan fingerprint density at radius 1 is 1.16 bits per heavy atom. The maximum absolute atomic E-state index is 12.5. The minimum Gasteiger partial charge on any atom is -0.334 e. The molecule has 3 rings (SSSR count). The monoisotopic (exact) mass is 395 g/mol. The molecule has 0 saturated heterocycles. The Balaban J connectivity index is 0.00000109. The lowest BCUT2D eigenvalue weighted by atomic mass is 10.1. The van der Waals surface area contributed by atoms with E-state index in [1.54, 1.807) is 22.9 Å². The maximum atomic E-state index is 12.5. The molecule has 1 aromatic carbocycles. The summed E-state index contributed by atoms with van der Waals surface area (Å²) in [6.07, 6.45) is 4.35. The van der Waals surface area contributed by atoms with Crippen LogP contribution in [0.3, 0.4) is 0 Å². The van der Waals surface area contributed by atoms with Gasteiger partial charge in [0, 0.05) is 29.5 Å². The molecule has 0 radical (unpaired) electrons. The molecule has 0 aliphatic carbocycles. The average molecular weight is 397 g/mol. The van der Waals surface area contributed by atoms with Gasteiger partial charge in [-0.1, -0.05) is 60.8 Å². The molecule has 3 aromatic rings. The molecular weight excluding hydrogens is 381 g/mol. The van der Waals surface area contributed by atoms with Crippen LogP contribution in [0.2, 0.25) is 15.3 Å². The Kier molecular flexibility index (Phi) is 7.00. The standard InChI is InChI=1S/C16H10Cl3N3O.C2H6/c17-12-3-1-2-10(4-12)7-22-8-11(5-14(22)18)15(23)13-6-20-9-21-16(13)19;1-2/h1-6,8-9H,7H2;1-2H3. The van der Waals surface area contributed by atoms with Gasteiger partial charge in [0.05, 0.1) is 5.56 Å². The molecule has 0 aliphatic rings. The zero-order valence-corrected chi connectivity index (χ0v) is 16.0. The van der Waals surface area contributed by atoms with Crippen molar-refractivity contribution in [2.45, 2.75) is 20.4 Å². The highest BCUT2D eigenvalue weighted by Gasteiger charge is 2.17. The molecule has 25 heavy (non-hydrogen) atoms. The van der Waals surface area contributed by atoms with Crippen molar-refractivity contribution >= 4 is 40.6 Å². The van der Waals surface area contributed by atoms with Gasteiger partial charge >= 0.3 is 0 Å². The van der Waals surface area contributed by atoms with Gasteiger partial charge in [0.15, 0.2) is 5.78 Å². The number of rotatable bonds is 4. The summed E-state index contributed by atoms with van der Waals surface area (Å²) in [5, 5.41) is 1.21. The van der Waals surface area contributed by atoms with Gasteiger partial charge in [0.1, 0.15) is 16.6 Å². The second-order valence-electron chi connectivity index (χ2n) is 4.87. The minimum atomic E-state index is -0.276. The van der Waals surface area contributed by atoms with Crippen LogP contribution >= 0.6 is 34.8 Å². The summed E-state index contributed by atoms with van der Waals surface area (Å²) in [4.78, 5) is 20.1. The molecule has 0 aliphatic heterocycles. The van der Waals surface area contributed by atoms with E-state index < -0.39 is 0 Å². The lowest BCUT2D eigenvalue weighted by molar-refractivity contribution is 0.103. The van der Waals surface area contributed by atoms with Crippen molar-refractivity contribution in [3.05, 3.63) is 81.1 Å². The quantitative estimate of drug-likeness (QED) is 0.429. The molecule has 0 saturated carbocycles. The fourth-order valence-corrected chi connectivity index (χ4v) is 2.80. The predicted octanol–water partition coefficient (Wildman–Crippen LogP) is 5.54. The Morgan fingerprint density at radius 2 is 1.92 bits per heavy atom. The van der Waals surface area contributed by atoms with E-state index in [4.69, 9.17) is 34.8 Å². The van der Waals surface area contributed by atoms with Crippen LogP contribution in [0.4, 0.5) is 0 Å². The van der Waals surface area contributed by atoms with Crippen LogP contribution in [0.15, 0.2) is 49.1 Å². The Labute approximate surface area is 161 Å². The summed E-state index contributed by atoms with van der Waals surface area (Å²) >= 11 is 18.1. The molecule has 0 atom stereocenters. The normalized spacial score (nSPS) is 10.1. The van der Waals surface area contributed by atoms with Crippen molar-refractivity contribution in [1.29, 1.82) is 0 Å². The number of benzene rings is 1. The number of ketones is 1. The third-order valence-corrected chi connectivity index (χ3v) is 4.12. The van der Waals surface area contributed by atoms with E-state index in [1.165, 1.54) is 12.5 Å². The number of carbonyl (C=O) groups excluding carboxylic acids is 1. The van der Waals surface area contributed by atoms with Crippen molar-refractivity contribution in [3.63, 3.8) is 0 Å². The molecule has 2 heterocycles. The van der Waals surface area contributed by atoms with E-state index in [2.05, 4.69) is 9.97 Å². The highest BCUT2D eigenvalue weighted by atomic mass is 35.5. The molecule has 2 aromatic heterocycles. The van der Waals surface area contributed by atoms with Gasteiger partial charge in [-0.25, -0.2) is 9.97 Å². The number of aromatic nitrogens is 3. The molecular formula is C18H16Cl3N3O. The van der Waals surface area contributed by atoms with Crippen LogP contribution in [0.25, 0.3) is 0 Å². The highest BCUT2D eigenvalue weighted by molar-refractivity contribution is 6.34. The third kappa shape index (κ3) is 4.82. The second-order valence-corrected chi connectivity index (χ2v) is 6.05. The van der Waals surface area contributed by atoms with Crippen LogP contribution < -0.4 is 0 Å². The Hall–Kier alpha value is -1.88. The first-order valence-corrected chi connectivity index (χ1v) is 8.78. The molecule has 0 bridgehead atoms. The molecule has 0 amide bonds. The fraction of sp³-hybridized carbons (Fsp3) is 0.167. The third-order valence-electron chi connectivity index (χ3n) is 3.26. The lowest BCUT2D eigenvalue weighted by Gasteiger charge is -2.05. The van der Waals surface area contributed by atoms with E-state index in [1.807, 2.05) is 32.0 Å². The maximum Gasteiger partial charge on any atom is 0.199 e. The number of hydrogen-bond acceptors (Lipinski definition) is 3. The highest BCUT2D eigenvalue weighted by Crippen LogP contribution is 2.22. The summed E-state index contributed by atoms with van der Waals surface area (Å²) in [5.41, 5.74) is 1.65. The van der Waals surface area contributed by atoms with Gasteiger partial charge < -0.3 is 4.57 Å². The smallest absolute Gasteiger partial charge is 0.199 e. The second kappa shape index (κ2) is 8.99. The molecule has 0 unspecified atom stereocenters. The van der Waals surface area contributed by atoms with Crippen molar-refractivity contribution in [1.82, 2.24) is 14.5 Å². The van der Waals surface area contributed by atoms with Gasteiger partial charge in [0.2, 0.25) is 0 Å². The van der Waals surface area contributed by atoms with E-state index in [0.29, 0.717) is 22.3 Å². The molecule has 0 fully saturated rings. The van der Waals surface area contributed by atoms with Gasteiger partial charge in [-0.15, -0.1) is 0 Å². The van der Waals surface area contributed by atoms with Crippen LogP contribution in [0.1, 0.15) is 35.3 Å². The van der Waals surface area contributed by atoms with E-state index in [-0.39, 0.29) is 16.5 Å². The summed E-state index contributed by atoms with van der Waals surface area (Å²) < 4.78 is 1.76. The minimum absolute atomic E-state index is 0.115. The predicted molar refractivity (Wildman–Crippen MR) is 102 cm³/mol. The number of carbonyl (C=O) groups is 1. The number of hydrogen-bond donors (Lipinski definition) is 0. The zero-order chi connectivity index (χ0) is 18.4. The molecule has 0 N–H and O–H groups in total. The number of halogens is 3. The van der Waals surface area contributed by atoms with E-state index >= 15 is 0 Å². The molecule has 7 heteroatoms. The Morgan fingerprint density at radius 3 is 2.60 bits per heavy atom. The van der Waals surface area contributed by atoms with Crippen LogP contribution in [0, 0.1) is 0 Å². The van der Waals surface area contributed by atoms with Gasteiger partial charge in [0.25, 0.3) is 0 Å². The largest absolute Gasteiger partial charge is 0.334 e. The number of nitrogens with zero attached hydrogens (tertiary/aromatic N) is 3. The topological polar surface area (TPSA) is 47.8 Å². The van der Waals surface area contributed by atoms with Gasteiger partial charge in [-0.05, 0) is 23.8 Å². The SMILES string of the molecule is CC.O=C(c1cc(Cl)n(Cc2cccc(Cl)c2)c1)c1cncnc1Cl. The lowest BCUT2D eigenvalue weighted by Crippen LogP contribution is -2.03. The summed E-state index contributed by atoms with van der Waals surface area (Å²) in [5.74, 6) is -0.276. The molecule has 4 nitrogen and oxygen atoms in total. The summed E-state index contributed by atoms with van der Waals surface area (Å²) in [7, 11) is 0. The van der Waals surface area contributed by atoms with Gasteiger partial charge in [-0.3, -0.25) is 4.79 Å². The van der Waals surface area contributed by atoms with Crippen molar-refractivity contribution < 1.29 is 4.79 Å². The first-order chi connectivity index (χ1) is 12.0. The van der Waals surface area contributed by atoms with Crippen LogP contribution in [-0.2, 0) is 6.54 Å². The summed E-state index contributed by atoms with van der Waals surface area (Å²) in [6, 6.07) is 9.04. The van der Waals surface area contributed by atoms with Crippen molar-refractivity contribution in [3.8, 4) is 0 Å². The molecule has 130 valence electrons. The Bertz CT molecular complexity index is 878. The van der Waals surface area contributed by atoms with Crippen LogP contribution in [0.5, 0.6) is 0 Å². The van der Waals surface area contributed by atoms with E-state index in [0.717, 1.165) is 5.56 Å². The summed E-state index contributed by atoms with van der Waals surface area (Å²) in [6.45, 7) is 4.51. The van der Waals surface area contributed by atoms with Crippen molar-refractivity contribution in [2.24, 2.45) is 0 Å². The zero-order valence-electron chi connectivity index (χ0n) is 13.7. The first-order valence-electron chi connectivity index (χ1n) is 7.65. The molecule has 0 spiro atoms. The van der Waals surface area contributed by atoms with Gasteiger partial charge in [-0.2, -0.15) is 0 Å². The van der Waals surface area contributed by atoms with Crippen molar-refractivity contribution in [2.75, 3.05) is 0 Å². The fourth-order valence-electron chi connectivity index (χ4n) is 2.18. The van der Waals surface area contributed by atoms with E-state index in [9.17, 15) is 4.79 Å². The first kappa shape index (κ1) is 19.4. The van der Waals surface area contributed by atoms with Crippen LogP contribution in [-0.4, -0.2) is 20.3 Å². The average Bonchev–Trinajstić information content (AvgIpc) is 2.97.